The van der Waals surface area contributed by atoms with Crippen LogP contribution in [0.1, 0.15) is 96.8 Å². The fourth-order valence-electron chi connectivity index (χ4n) is 4.63. The summed E-state index contributed by atoms with van der Waals surface area (Å²) in [7, 11) is 1.83. The molecule has 2 N–H and O–H groups in total. The first-order valence-corrected chi connectivity index (χ1v) is 11.7. The lowest BCUT2D eigenvalue weighted by molar-refractivity contribution is 0.139. The number of nitrogens with two attached hydrogens (primary N) is 1. The molecule has 0 saturated heterocycles. The number of allylic oxidation sites excluding steroid dienone is 1. The molecule has 0 aromatic heterocycles. The van der Waals surface area contributed by atoms with Crippen LogP contribution in [0.5, 0.6) is 0 Å². The molecule has 0 bridgehead atoms. The maximum Gasteiger partial charge on any atom is 0.0490 e. The summed E-state index contributed by atoms with van der Waals surface area (Å²) in [6.07, 6.45) is 10.00. The van der Waals surface area contributed by atoms with Gasteiger partial charge in [0.25, 0.3) is 0 Å². The van der Waals surface area contributed by atoms with E-state index in [4.69, 9.17) is 10.5 Å². The molecule has 30 heavy (non-hydrogen) atoms. The van der Waals surface area contributed by atoms with Gasteiger partial charge in [0.2, 0.25) is 0 Å². The van der Waals surface area contributed by atoms with Crippen LogP contribution in [0.4, 0.5) is 0 Å². The molecule has 2 nitrogen and oxygen atoms in total. The highest BCUT2D eigenvalue weighted by molar-refractivity contribution is 5.37. The number of rotatable bonds is 6. The van der Waals surface area contributed by atoms with E-state index in [0.29, 0.717) is 11.3 Å². The van der Waals surface area contributed by atoms with E-state index in [-0.39, 0.29) is 7.43 Å². The lowest BCUT2D eigenvalue weighted by atomic mass is 9.75. The standard InChI is InChI=1S/C19H30O.C8H17N.CH4/c1-15-10-11-17-9-5-7-16(14-20-4)8-6-12-19(2,3)18(17)13-15;1-4-8(5-6-9)7(2)3;/h10-11,13,16H,5-9,12,14H2,1-4H3;8H,2,4-6,9H2,1,3H3;1H4/t16-;;/m1../s1. The Labute approximate surface area is 188 Å². The first-order valence-electron chi connectivity index (χ1n) is 11.7. The first kappa shape index (κ1) is 28.9. The molecule has 0 amide bonds. The zero-order valence-corrected chi connectivity index (χ0v) is 20.2. The van der Waals surface area contributed by atoms with Crippen molar-refractivity contribution in [3.63, 3.8) is 0 Å². The topological polar surface area (TPSA) is 35.2 Å². The van der Waals surface area contributed by atoms with Gasteiger partial charge in [-0.25, -0.2) is 0 Å². The lowest BCUT2D eigenvalue weighted by Crippen LogP contribution is -2.22. The van der Waals surface area contributed by atoms with Gasteiger partial charge in [-0.3, -0.25) is 0 Å². The fourth-order valence-corrected chi connectivity index (χ4v) is 4.63. The predicted octanol–water partition coefficient (Wildman–Crippen LogP) is 7.62. The molecule has 174 valence electrons. The molecule has 1 aromatic rings. The van der Waals surface area contributed by atoms with Gasteiger partial charge in [0.05, 0.1) is 0 Å². The van der Waals surface area contributed by atoms with Crippen LogP contribution < -0.4 is 5.73 Å². The molecule has 1 unspecified atom stereocenters. The van der Waals surface area contributed by atoms with Crippen molar-refractivity contribution >= 4 is 0 Å². The number of hydrogen-bond acceptors (Lipinski definition) is 2. The molecule has 0 saturated carbocycles. The minimum Gasteiger partial charge on any atom is -0.384 e. The van der Waals surface area contributed by atoms with E-state index in [0.717, 1.165) is 25.5 Å². The Hall–Kier alpha value is -1.12. The molecule has 1 aliphatic rings. The molecule has 1 aromatic carbocycles. The van der Waals surface area contributed by atoms with Crippen LogP contribution in [0, 0.1) is 18.8 Å². The van der Waals surface area contributed by atoms with Crippen molar-refractivity contribution in [2.45, 2.75) is 98.8 Å². The van der Waals surface area contributed by atoms with E-state index >= 15 is 0 Å². The molecule has 0 aliphatic heterocycles. The van der Waals surface area contributed by atoms with E-state index in [1.54, 1.807) is 11.1 Å². The Bertz CT molecular complexity index is 605. The van der Waals surface area contributed by atoms with Gasteiger partial charge in [0.1, 0.15) is 0 Å². The number of methoxy groups -OCH3 is 1. The van der Waals surface area contributed by atoms with Gasteiger partial charge in [-0.15, -0.1) is 0 Å². The maximum atomic E-state index is 5.40. The second-order valence-electron chi connectivity index (χ2n) is 9.68. The second kappa shape index (κ2) is 14.8. The molecule has 0 heterocycles. The van der Waals surface area contributed by atoms with Gasteiger partial charge in [-0.05, 0) is 93.7 Å². The summed E-state index contributed by atoms with van der Waals surface area (Å²) in [6.45, 7) is 16.9. The first-order chi connectivity index (χ1) is 13.7. The van der Waals surface area contributed by atoms with E-state index < -0.39 is 0 Å². The van der Waals surface area contributed by atoms with Crippen molar-refractivity contribution in [1.29, 1.82) is 0 Å². The Morgan fingerprint density at radius 2 is 1.93 bits per heavy atom. The molecule has 1 aliphatic carbocycles. The summed E-state index contributed by atoms with van der Waals surface area (Å²) in [5.41, 5.74) is 11.5. The van der Waals surface area contributed by atoms with Crippen molar-refractivity contribution in [3.8, 4) is 0 Å². The maximum absolute atomic E-state index is 5.40. The summed E-state index contributed by atoms with van der Waals surface area (Å²) in [4.78, 5) is 0. The average Bonchev–Trinajstić information content (AvgIpc) is 2.67. The van der Waals surface area contributed by atoms with Crippen LogP contribution in [0.15, 0.2) is 30.4 Å². The van der Waals surface area contributed by atoms with E-state index in [1.807, 2.05) is 7.11 Å². The highest BCUT2D eigenvalue weighted by Crippen LogP contribution is 2.35. The Kier molecular flexibility index (Phi) is 14.3. The minimum absolute atomic E-state index is 0. The number of hydrogen-bond donors (Lipinski definition) is 1. The van der Waals surface area contributed by atoms with Gasteiger partial charge in [0, 0.05) is 13.7 Å². The minimum atomic E-state index is 0. The SMILES string of the molecule is C.C=C(C)C(CC)CCN.COC[C@@H]1CCCc2ccc(C)cc2C(C)(C)CCC1. The lowest BCUT2D eigenvalue weighted by Gasteiger charge is -2.31. The highest BCUT2D eigenvalue weighted by Gasteiger charge is 2.25. The van der Waals surface area contributed by atoms with Gasteiger partial charge in [-0.1, -0.05) is 70.5 Å². The van der Waals surface area contributed by atoms with Gasteiger partial charge < -0.3 is 10.5 Å². The van der Waals surface area contributed by atoms with Crippen LogP contribution >= 0.6 is 0 Å². The van der Waals surface area contributed by atoms with E-state index in [1.165, 1.54) is 56.1 Å². The number of ether oxygens (including phenoxy) is 1. The van der Waals surface area contributed by atoms with Crippen LogP contribution in [-0.2, 0) is 16.6 Å². The van der Waals surface area contributed by atoms with Crippen LogP contribution in [0.3, 0.4) is 0 Å². The highest BCUT2D eigenvalue weighted by atomic mass is 16.5. The Balaban J connectivity index is 0.000000719. The molecular weight excluding hydrogens is 366 g/mol. The van der Waals surface area contributed by atoms with Crippen molar-refractivity contribution < 1.29 is 4.74 Å². The van der Waals surface area contributed by atoms with Crippen molar-refractivity contribution in [2.75, 3.05) is 20.3 Å². The average molecular weight is 418 g/mol. The molecule has 0 fully saturated rings. The van der Waals surface area contributed by atoms with E-state index in [9.17, 15) is 0 Å². The van der Waals surface area contributed by atoms with Gasteiger partial charge in [-0.2, -0.15) is 0 Å². The van der Waals surface area contributed by atoms with Crippen LogP contribution in [0.25, 0.3) is 0 Å². The Morgan fingerprint density at radius 1 is 1.27 bits per heavy atom. The predicted molar refractivity (Wildman–Crippen MR) is 135 cm³/mol. The zero-order valence-electron chi connectivity index (χ0n) is 20.2. The second-order valence-corrected chi connectivity index (χ2v) is 9.68. The zero-order chi connectivity index (χ0) is 21.9. The van der Waals surface area contributed by atoms with E-state index in [2.05, 4.69) is 59.4 Å². The summed E-state index contributed by atoms with van der Waals surface area (Å²) < 4.78 is 5.39. The molecule has 0 radical (unpaired) electrons. The quantitative estimate of drug-likeness (QED) is 0.483. The van der Waals surface area contributed by atoms with Crippen molar-refractivity contribution in [1.82, 2.24) is 0 Å². The van der Waals surface area contributed by atoms with Crippen LogP contribution in [0.2, 0.25) is 0 Å². The summed E-state index contributed by atoms with van der Waals surface area (Å²) in [6, 6.07) is 7.05. The number of fused-ring (bicyclic) bond motifs is 1. The molecule has 0 spiro atoms. The summed E-state index contributed by atoms with van der Waals surface area (Å²) in [5.74, 6) is 1.40. The monoisotopic (exact) mass is 417 g/mol. The summed E-state index contributed by atoms with van der Waals surface area (Å²) in [5, 5.41) is 0. The van der Waals surface area contributed by atoms with Crippen molar-refractivity contribution in [3.05, 3.63) is 47.0 Å². The third-order valence-electron chi connectivity index (χ3n) is 6.57. The van der Waals surface area contributed by atoms with Crippen molar-refractivity contribution in [2.24, 2.45) is 17.6 Å². The third kappa shape index (κ3) is 9.79. The fraction of sp³-hybridized carbons (Fsp3) is 0.714. The molecule has 2 heteroatoms. The largest absolute Gasteiger partial charge is 0.384 e. The molecule has 2 rings (SSSR count). The normalized spacial score (nSPS) is 19.4. The van der Waals surface area contributed by atoms with Gasteiger partial charge in [0.15, 0.2) is 0 Å². The van der Waals surface area contributed by atoms with Crippen LogP contribution in [-0.4, -0.2) is 20.3 Å². The third-order valence-corrected chi connectivity index (χ3v) is 6.57. The van der Waals surface area contributed by atoms with Gasteiger partial charge >= 0.3 is 0 Å². The number of benzene rings is 1. The number of aryl methyl sites for hydroxylation is 2. The Morgan fingerprint density at radius 3 is 2.47 bits per heavy atom. The molecular formula is C28H51NO. The molecule has 2 atom stereocenters. The smallest absolute Gasteiger partial charge is 0.0490 e. The summed E-state index contributed by atoms with van der Waals surface area (Å²) >= 11 is 0.